The highest BCUT2D eigenvalue weighted by Gasteiger charge is 2.28. The molecule has 1 N–H and O–H groups in total. The first-order valence-electron chi connectivity index (χ1n) is 8.76. The van der Waals surface area contributed by atoms with Gasteiger partial charge in [-0.1, -0.05) is 5.21 Å². The molecule has 0 bridgehead atoms. The number of aromatic nitrogens is 5. The van der Waals surface area contributed by atoms with Crippen molar-refractivity contribution in [1.29, 1.82) is 0 Å². The SMILES string of the molecule is CCn1cc([C@H]2OCCC[C@@H]2NCc2cn(C(C)(C)C)nn2)cn1. The molecule has 2 aromatic heterocycles. The number of hydrogen-bond acceptors (Lipinski definition) is 5. The lowest BCUT2D eigenvalue weighted by Crippen LogP contribution is -2.39. The molecule has 0 saturated carbocycles. The molecule has 0 amide bonds. The zero-order valence-electron chi connectivity index (χ0n) is 15.1. The third-order valence-electron chi connectivity index (χ3n) is 4.40. The average Bonchev–Trinajstić information content (AvgIpc) is 3.22. The first-order valence-corrected chi connectivity index (χ1v) is 8.76. The smallest absolute Gasteiger partial charge is 0.101 e. The Bertz CT molecular complexity index is 656. The van der Waals surface area contributed by atoms with E-state index in [1.54, 1.807) is 0 Å². The second kappa shape index (κ2) is 7.03. The van der Waals surface area contributed by atoms with Crippen LogP contribution in [0, 0.1) is 0 Å². The van der Waals surface area contributed by atoms with Crippen molar-refractivity contribution in [3.63, 3.8) is 0 Å². The molecule has 3 heterocycles. The van der Waals surface area contributed by atoms with E-state index in [4.69, 9.17) is 4.74 Å². The summed E-state index contributed by atoms with van der Waals surface area (Å²) in [6, 6.07) is 0.271. The number of hydrogen-bond donors (Lipinski definition) is 1. The Morgan fingerprint density at radius 2 is 2.17 bits per heavy atom. The summed E-state index contributed by atoms with van der Waals surface area (Å²) in [5.41, 5.74) is 2.06. The summed E-state index contributed by atoms with van der Waals surface area (Å²) in [7, 11) is 0. The Morgan fingerprint density at radius 3 is 2.83 bits per heavy atom. The maximum absolute atomic E-state index is 6.03. The van der Waals surface area contributed by atoms with E-state index in [0.29, 0.717) is 6.54 Å². The van der Waals surface area contributed by atoms with Gasteiger partial charge in [-0.25, -0.2) is 4.68 Å². The first kappa shape index (κ1) is 17.1. The Labute approximate surface area is 143 Å². The zero-order valence-corrected chi connectivity index (χ0v) is 15.1. The largest absolute Gasteiger partial charge is 0.372 e. The summed E-state index contributed by atoms with van der Waals surface area (Å²) in [5, 5.41) is 16.5. The molecule has 1 fully saturated rings. The fraction of sp³-hybridized carbons (Fsp3) is 0.706. The molecule has 1 aliphatic rings. The maximum atomic E-state index is 6.03. The van der Waals surface area contributed by atoms with Crippen molar-refractivity contribution in [3.05, 3.63) is 29.8 Å². The van der Waals surface area contributed by atoms with Crippen LogP contribution < -0.4 is 5.32 Å². The molecule has 2 aromatic rings. The summed E-state index contributed by atoms with van der Waals surface area (Å²) in [6.07, 6.45) is 8.24. The van der Waals surface area contributed by atoms with Gasteiger partial charge in [-0.05, 0) is 40.5 Å². The number of rotatable bonds is 5. The highest BCUT2D eigenvalue weighted by atomic mass is 16.5. The quantitative estimate of drug-likeness (QED) is 0.909. The van der Waals surface area contributed by atoms with Gasteiger partial charge in [0.05, 0.1) is 23.6 Å². The lowest BCUT2D eigenvalue weighted by Gasteiger charge is -2.31. The van der Waals surface area contributed by atoms with Crippen LogP contribution in [0.3, 0.4) is 0 Å². The van der Waals surface area contributed by atoms with Gasteiger partial charge in [0, 0.05) is 37.5 Å². The number of ether oxygens (including phenoxy) is 1. The standard InChI is InChI=1S/C17H28N6O/c1-5-22-11-13(9-19-22)16-15(7-6-8-24-16)18-10-14-12-23(21-20-14)17(2,3)4/h9,11-12,15-16,18H,5-8,10H2,1-4H3/t15-,16+/m0/s1. The van der Waals surface area contributed by atoms with Crippen molar-refractivity contribution in [1.82, 2.24) is 30.1 Å². The molecule has 0 aromatic carbocycles. The minimum atomic E-state index is -0.0452. The van der Waals surface area contributed by atoms with Gasteiger partial charge in [-0.3, -0.25) is 4.68 Å². The minimum absolute atomic E-state index is 0.0452. The van der Waals surface area contributed by atoms with Gasteiger partial charge < -0.3 is 10.1 Å². The molecule has 0 radical (unpaired) electrons. The Kier molecular flexibility index (Phi) is 5.01. The second-order valence-electron chi connectivity index (χ2n) is 7.38. The van der Waals surface area contributed by atoms with Crippen LogP contribution in [0.5, 0.6) is 0 Å². The molecule has 1 aliphatic heterocycles. The molecule has 0 unspecified atom stereocenters. The van der Waals surface area contributed by atoms with Crippen LogP contribution in [0.25, 0.3) is 0 Å². The number of nitrogens with one attached hydrogen (secondary N) is 1. The summed E-state index contributed by atoms with van der Waals surface area (Å²) < 4.78 is 9.88. The summed E-state index contributed by atoms with van der Waals surface area (Å²) in [5.74, 6) is 0. The van der Waals surface area contributed by atoms with Crippen molar-refractivity contribution in [3.8, 4) is 0 Å². The van der Waals surface area contributed by atoms with Crippen molar-refractivity contribution in [2.75, 3.05) is 6.61 Å². The normalized spacial score (nSPS) is 22.0. The third kappa shape index (κ3) is 3.84. The van der Waals surface area contributed by atoms with Crippen LogP contribution in [0.4, 0.5) is 0 Å². The van der Waals surface area contributed by atoms with Crippen molar-refractivity contribution >= 4 is 0 Å². The molecule has 3 rings (SSSR count). The molecule has 2 atom stereocenters. The van der Waals surface area contributed by atoms with E-state index >= 15 is 0 Å². The third-order valence-corrected chi connectivity index (χ3v) is 4.40. The molecular weight excluding hydrogens is 304 g/mol. The van der Waals surface area contributed by atoms with Gasteiger partial charge in [0.15, 0.2) is 0 Å². The van der Waals surface area contributed by atoms with Gasteiger partial charge in [0.2, 0.25) is 0 Å². The van der Waals surface area contributed by atoms with Crippen molar-refractivity contribution in [2.24, 2.45) is 0 Å². The van der Waals surface area contributed by atoms with Crippen LogP contribution in [0.2, 0.25) is 0 Å². The van der Waals surface area contributed by atoms with E-state index in [-0.39, 0.29) is 17.7 Å². The van der Waals surface area contributed by atoms with E-state index in [2.05, 4.69) is 54.6 Å². The molecule has 132 valence electrons. The topological polar surface area (TPSA) is 69.8 Å². The van der Waals surface area contributed by atoms with Gasteiger partial charge in [-0.2, -0.15) is 5.10 Å². The molecule has 1 saturated heterocycles. The van der Waals surface area contributed by atoms with Crippen LogP contribution in [0.15, 0.2) is 18.6 Å². The van der Waals surface area contributed by atoms with Crippen LogP contribution >= 0.6 is 0 Å². The van der Waals surface area contributed by atoms with E-state index in [1.807, 2.05) is 21.8 Å². The summed E-state index contributed by atoms with van der Waals surface area (Å²) in [6.45, 7) is 10.8. The highest BCUT2D eigenvalue weighted by Crippen LogP contribution is 2.28. The Morgan fingerprint density at radius 1 is 1.33 bits per heavy atom. The summed E-state index contributed by atoms with van der Waals surface area (Å²) in [4.78, 5) is 0. The van der Waals surface area contributed by atoms with Gasteiger partial charge >= 0.3 is 0 Å². The van der Waals surface area contributed by atoms with Gasteiger partial charge in [-0.15, -0.1) is 5.10 Å². The maximum Gasteiger partial charge on any atom is 0.101 e. The van der Waals surface area contributed by atoms with Gasteiger partial charge in [0.25, 0.3) is 0 Å². The number of nitrogens with zero attached hydrogens (tertiary/aromatic N) is 5. The van der Waals surface area contributed by atoms with E-state index < -0.39 is 0 Å². The number of aryl methyl sites for hydroxylation is 1. The average molecular weight is 332 g/mol. The van der Waals surface area contributed by atoms with Crippen LogP contribution in [-0.4, -0.2) is 37.4 Å². The lowest BCUT2D eigenvalue weighted by atomic mass is 9.98. The molecular formula is C17H28N6O. The van der Waals surface area contributed by atoms with Gasteiger partial charge in [0.1, 0.15) is 6.10 Å². The van der Waals surface area contributed by atoms with E-state index in [1.165, 1.54) is 0 Å². The molecule has 0 aliphatic carbocycles. The second-order valence-corrected chi connectivity index (χ2v) is 7.38. The lowest BCUT2D eigenvalue weighted by molar-refractivity contribution is -0.0113. The molecule has 24 heavy (non-hydrogen) atoms. The Balaban J connectivity index is 1.65. The predicted octanol–water partition coefficient (Wildman–Crippen LogP) is 2.26. The van der Waals surface area contributed by atoms with E-state index in [9.17, 15) is 0 Å². The zero-order chi connectivity index (χ0) is 17.2. The molecule has 0 spiro atoms. The minimum Gasteiger partial charge on any atom is -0.372 e. The monoisotopic (exact) mass is 332 g/mol. The molecule has 7 heteroatoms. The fourth-order valence-electron chi connectivity index (χ4n) is 2.96. The Hall–Kier alpha value is -1.73. The molecule has 7 nitrogen and oxygen atoms in total. The predicted molar refractivity (Wildman–Crippen MR) is 91.5 cm³/mol. The fourth-order valence-corrected chi connectivity index (χ4v) is 2.96. The van der Waals surface area contributed by atoms with Crippen molar-refractivity contribution in [2.45, 2.75) is 71.3 Å². The van der Waals surface area contributed by atoms with Crippen LogP contribution in [-0.2, 0) is 23.4 Å². The summed E-state index contributed by atoms with van der Waals surface area (Å²) >= 11 is 0. The first-order chi connectivity index (χ1) is 11.5. The van der Waals surface area contributed by atoms with E-state index in [0.717, 1.165) is 37.3 Å². The van der Waals surface area contributed by atoms with Crippen molar-refractivity contribution < 1.29 is 4.74 Å². The van der Waals surface area contributed by atoms with Crippen LogP contribution in [0.1, 0.15) is 57.9 Å². The highest BCUT2D eigenvalue weighted by molar-refractivity contribution is 5.12.